The predicted molar refractivity (Wildman–Crippen MR) is 219 cm³/mol. The summed E-state index contributed by atoms with van der Waals surface area (Å²) in [5.41, 5.74) is 0. The van der Waals surface area contributed by atoms with Crippen molar-refractivity contribution in [2.45, 2.75) is 212 Å². The lowest BCUT2D eigenvalue weighted by atomic mass is 10.0. The molecule has 0 N–H and O–H groups in total. The first-order valence-corrected chi connectivity index (χ1v) is 22.1. The monoisotopic (exact) mass is 806 g/mol. The lowest BCUT2D eigenvalue weighted by Gasteiger charge is -2.18. The van der Waals surface area contributed by atoms with Crippen molar-refractivity contribution in [3.8, 4) is 0 Å². The molecule has 328 valence electrons. The van der Waals surface area contributed by atoms with Crippen molar-refractivity contribution < 1.29 is 46.2 Å². The first kappa shape index (κ1) is 53.6. The summed E-state index contributed by atoms with van der Waals surface area (Å²) in [7, 11) is 3.94. The van der Waals surface area contributed by atoms with Crippen LogP contribution in [-0.2, 0) is 28.6 Å². The standard InChI is InChI=1S/C45H79F4NO6/c1-5-7-9-17-23-33-44(46,47)35-26-38-54-41(51)30-21-15-11-13-19-28-40(56-43(53)32-25-37-50(3)4)29-20-14-12-16-22-31-42(52)55-39-27-36-45(48,49)34-24-18-10-8-6-2/h26-27,35-36,40H,5-25,28-34,37-39H2,1-4H3. The molecule has 0 aromatic rings. The number of halogens is 4. The fraction of sp³-hybridized carbons (Fsp3) is 0.844. The van der Waals surface area contributed by atoms with Gasteiger partial charge in [-0.3, -0.25) is 14.4 Å². The van der Waals surface area contributed by atoms with Crippen LogP contribution < -0.4 is 0 Å². The van der Waals surface area contributed by atoms with E-state index in [2.05, 4.69) is 13.8 Å². The molecule has 0 fully saturated rings. The maximum Gasteiger partial charge on any atom is 0.306 e. The van der Waals surface area contributed by atoms with E-state index in [4.69, 9.17) is 14.2 Å². The minimum absolute atomic E-state index is 0.140. The molecule has 0 saturated carbocycles. The van der Waals surface area contributed by atoms with E-state index in [0.717, 1.165) is 141 Å². The molecule has 0 radical (unpaired) electrons. The van der Waals surface area contributed by atoms with Gasteiger partial charge in [-0.15, -0.1) is 0 Å². The largest absolute Gasteiger partial charge is 0.462 e. The topological polar surface area (TPSA) is 82.1 Å². The Labute approximate surface area is 338 Å². The zero-order chi connectivity index (χ0) is 41.8. The van der Waals surface area contributed by atoms with Gasteiger partial charge in [0.1, 0.15) is 19.3 Å². The number of esters is 3. The molecule has 0 spiro atoms. The third kappa shape index (κ3) is 37.2. The van der Waals surface area contributed by atoms with Gasteiger partial charge in [-0.05, 0) is 103 Å². The average Bonchev–Trinajstić information content (AvgIpc) is 3.13. The molecule has 56 heavy (non-hydrogen) atoms. The van der Waals surface area contributed by atoms with Crippen molar-refractivity contribution in [2.75, 3.05) is 33.9 Å². The average molecular weight is 806 g/mol. The van der Waals surface area contributed by atoms with E-state index < -0.39 is 11.8 Å². The summed E-state index contributed by atoms with van der Waals surface area (Å²) in [5, 5.41) is 0. The molecule has 11 heteroatoms. The Morgan fingerprint density at radius 2 is 0.893 bits per heavy atom. The summed E-state index contributed by atoms with van der Waals surface area (Å²) in [4.78, 5) is 38.6. The molecule has 0 heterocycles. The van der Waals surface area contributed by atoms with Crippen molar-refractivity contribution in [1.82, 2.24) is 4.90 Å². The second-order valence-electron chi connectivity index (χ2n) is 15.7. The number of allylic oxidation sites excluding steroid dienone is 2. The van der Waals surface area contributed by atoms with Crippen LogP contribution >= 0.6 is 0 Å². The molecular formula is C45H79F4NO6. The zero-order valence-corrected chi connectivity index (χ0v) is 35.7. The molecule has 0 saturated heterocycles. The fourth-order valence-electron chi connectivity index (χ4n) is 6.35. The molecule has 0 atom stereocenters. The number of carbonyl (C=O) groups is 3. The van der Waals surface area contributed by atoms with Crippen LogP contribution in [-0.4, -0.2) is 74.6 Å². The Kier molecular flexibility index (Phi) is 34.2. The van der Waals surface area contributed by atoms with E-state index in [-0.39, 0.29) is 62.9 Å². The number of alkyl halides is 4. The second-order valence-corrected chi connectivity index (χ2v) is 15.7. The molecule has 0 aromatic heterocycles. The summed E-state index contributed by atoms with van der Waals surface area (Å²) >= 11 is 0. The first-order chi connectivity index (χ1) is 26.8. The number of rotatable bonds is 39. The van der Waals surface area contributed by atoms with Gasteiger partial charge in [0.15, 0.2) is 0 Å². The zero-order valence-electron chi connectivity index (χ0n) is 35.7. The number of unbranched alkanes of at least 4 members (excludes halogenated alkanes) is 16. The van der Waals surface area contributed by atoms with Crippen molar-refractivity contribution in [2.24, 2.45) is 0 Å². The molecule has 0 aliphatic rings. The Balaban J connectivity index is 4.28. The van der Waals surface area contributed by atoms with E-state index >= 15 is 0 Å². The summed E-state index contributed by atoms with van der Waals surface area (Å²) in [6.45, 7) is 4.71. The van der Waals surface area contributed by atoms with Crippen molar-refractivity contribution in [1.29, 1.82) is 0 Å². The minimum atomic E-state index is -2.87. The lowest BCUT2D eigenvalue weighted by Crippen LogP contribution is -2.20. The number of nitrogens with zero attached hydrogens (tertiary/aromatic N) is 1. The molecule has 0 aromatic carbocycles. The van der Waals surface area contributed by atoms with Crippen molar-refractivity contribution in [3.05, 3.63) is 24.3 Å². The van der Waals surface area contributed by atoms with Gasteiger partial charge < -0.3 is 19.1 Å². The number of hydrogen-bond donors (Lipinski definition) is 0. The van der Waals surface area contributed by atoms with Gasteiger partial charge in [-0.2, -0.15) is 0 Å². The van der Waals surface area contributed by atoms with Gasteiger partial charge in [0, 0.05) is 32.1 Å². The van der Waals surface area contributed by atoms with Crippen LogP contribution in [0.15, 0.2) is 24.3 Å². The molecule has 7 nitrogen and oxygen atoms in total. The Morgan fingerprint density at radius 1 is 0.518 bits per heavy atom. The number of hydrogen-bond acceptors (Lipinski definition) is 7. The SMILES string of the molecule is CCCCCCCC(F)(F)C=CCOC(=O)CCCCCCCC(CCCCCCCC(=O)OCC=CC(F)(F)CCCCCCC)OC(=O)CCCN(C)C. The highest BCUT2D eigenvalue weighted by molar-refractivity contribution is 5.70. The van der Waals surface area contributed by atoms with E-state index in [1.165, 1.54) is 12.2 Å². The highest BCUT2D eigenvalue weighted by Gasteiger charge is 2.24. The summed E-state index contributed by atoms with van der Waals surface area (Å²) < 4.78 is 71.9. The van der Waals surface area contributed by atoms with Gasteiger partial charge in [0.2, 0.25) is 0 Å². The molecule has 0 aliphatic carbocycles. The smallest absolute Gasteiger partial charge is 0.306 e. The van der Waals surface area contributed by atoms with E-state index in [0.29, 0.717) is 32.1 Å². The van der Waals surface area contributed by atoms with Crippen LogP contribution in [0.3, 0.4) is 0 Å². The third-order valence-electron chi connectivity index (χ3n) is 9.73. The van der Waals surface area contributed by atoms with Gasteiger partial charge >= 0.3 is 17.9 Å². The predicted octanol–water partition coefficient (Wildman–Crippen LogP) is 12.9. The molecular weight excluding hydrogens is 726 g/mol. The fourth-order valence-corrected chi connectivity index (χ4v) is 6.35. The third-order valence-corrected chi connectivity index (χ3v) is 9.73. The Morgan fingerprint density at radius 3 is 1.32 bits per heavy atom. The van der Waals surface area contributed by atoms with Crippen molar-refractivity contribution in [3.63, 3.8) is 0 Å². The Hall–Kier alpha value is -2.43. The molecule has 0 aliphatic heterocycles. The van der Waals surface area contributed by atoms with Crippen LogP contribution in [0.2, 0.25) is 0 Å². The summed E-state index contributed by atoms with van der Waals surface area (Å²) in [5.74, 6) is -6.68. The summed E-state index contributed by atoms with van der Waals surface area (Å²) in [6, 6.07) is 0. The molecule has 0 unspecified atom stereocenters. The van der Waals surface area contributed by atoms with E-state index in [1.807, 2.05) is 19.0 Å². The van der Waals surface area contributed by atoms with E-state index in [9.17, 15) is 31.9 Å². The van der Waals surface area contributed by atoms with Gasteiger partial charge in [-0.25, -0.2) is 17.6 Å². The van der Waals surface area contributed by atoms with Gasteiger partial charge in [-0.1, -0.05) is 104 Å². The van der Waals surface area contributed by atoms with E-state index in [1.54, 1.807) is 0 Å². The number of ether oxygens (including phenoxy) is 3. The molecule has 0 amide bonds. The van der Waals surface area contributed by atoms with Crippen LogP contribution in [0.1, 0.15) is 194 Å². The Bertz CT molecular complexity index is 970. The highest BCUT2D eigenvalue weighted by Crippen LogP contribution is 2.25. The minimum Gasteiger partial charge on any atom is -0.462 e. The van der Waals surface area contributed by atoms with Crippen molar-refractivity contribution >= 4 is 17.9 Å². The van der Waals surface area contributed by atoms with Crippen LogP contribution in [0, 0.1) is 0 Å². The second kappa shape index (κ2) is 35.7. The summed E-state index contributed by atoms with van der Waals surface area (Å²) in [6.07, 6.45) is 24.4. The van der Waals surface area contributed by atoms with Crippen LogP contribution in [0.4, 0.5) is 17.6 Å². The number of carbonyl (C=O) groups excluding carboxylic acids is 3. The quantitative estimate of drug-likeness (QED) is 0.0201. The van der Waals surface area contributed by atoms with Crippen LogP contribution in [0.25, 0.3) is 0 Å². The van der Waals surface area contributed by atoms with Gasteiger partial charge in [0.05, 0.1) is 0 Å². The lowest BCUT2D eigenvalue weighted by molar-refractivity contribution is -0.150. The van der Waals surface area contributed by atoms with Crippen LogP contribution in [0.5, 0.6) is 0 Å². The maximum atomic E-state index is 14.0. The molecule has 0 rings (SSSR count). The normalized spacial score (nSPS) is 12.9. The van der Waals surface area contributed by atoms with Gasteiger partial charge in [0.25, 0.3) is 11.8 Å². The maximum absolute atomic E-state index is 14.0. The highest BCUT2D eigenvalue weighted by atomic mass is 19.3. The first-order valence-electron chi connectivity index (χ1n) is 22.1. The molecule has 0 bridgehead atoms.